The Hall–Kier alpha value is -2.69. The van der Waals surface area contributed by atoms with Crippen LogP contribution in [0.25, 0.3) is 21.9 Å². The fourth-order valence-corrected chi connectivity index (χ4v) is 3.90. The van der Waals surface area contributed by atoms with Crippen LogP contribution in [0.15, 0.2) is 42.5 Å². The minimum absolute atomic E-state index is 0.0922. The predicted molar refractivity (Wildman–Crippen MR) is 94.7 cm³/mol. The number of benzene rings is 3. The third-order valence-electron chi connectivity index (χ3n) is 5.29. The van der Waals surface area contributed by atoms with Crippen LogP contribution in [-0.4, -0.2) is 12.2 Å². The average molecular weight is 358 g/mol. The molecule has 3 aromatic carbocycles. The summed E-state index contributed by atoms with van der Waals surface area (Å²) in [4.78, 5) is 0. The third kappa shape index (κ3) is 2.19. The average Bonchev–Trinajstić information content (AvgIpc) is 2.81. The molecule has 1 N–H and O–H groups in total. The van der Waals surface area contributed by atoms with Crippen molar-refractivity contribution in [2.24, 2.45) is 0 Å². The van der Waals surface area contributed by atoms with Gasteiger partial charge in [0, 0.05) is 10.8 Å². The molecule has 0 radical (unpaired) electrons. The molecular weight excluding hydrogens is 341 g/mol. The van der Waals surface area contributed by atoms with Crippen LogP contribution in [0.3, 0.4) is 0 Å². The first-order valence-electron chi connectivity index (χ1n) is 8.21. The van der Waals surface area contributed by atoms with E-state index in [9.17, 15) is 18.3 Å². The highest BCUT2D eigenvalue weighted by Gasteiger charge is 2.40. The first-order chi connectivity index (χ1) is 12.1. The maximum Gasteiger partial charge on any atom is 0.416 e. The predicted octanol–water partition coefficient (Wildman–Crippen LogP) is 5.88. The van der Waals surface area contributed by atoms with E-state index in [2.05, 4.69) is 0 Å². The molecule has 0 fully saturated rings. The summed E-state index contributed by atoms with van der Waals surface area (Å²) in [6.07, 6.45) is -4.39. The standard InChI is InChI=1S/C21H17F3O2/c1-20(2)16-8-11(21(22,23)24)4-6-14(16)19-13-7-5-12(26-3)9-15(13)18(25)10-17(19)20/h4-10,25H,1-3H3. The summed E-state index contributed by atoms with van der Waals surface area (Å²) in [6, 6.07) is 10.9. The number of fused-ring (bicyclic) bond motifs is 5. The fraction of sp³-hybridized carbons (Fsp3) is 0.238. The molecule has 0 aromatic heterocycles. The molecule has 0 atom stereocenters. The van der Waals surface area contributed by atoms with Gasteiger partial charge in [-0.1, -0.05) is 19.9 Å². The Morgan fingerprint density at radius 1 is 0.923 bits per heavy atom. The second kappa shape index (κ2) is 5.16. The minimum atomic E-state index is -4.39. The lowest BCUT2D eigenvalue weighted by atomic mass is 9.81. The van der Waals surface area contributed by atoms with Gasteiger partial charge in [0.25, 0.3) is 0 Å². The lowest BCUT2D eigenvalue weighted by molar-refractivity contribution is -0.137. The molecule has 0 spiro atoms. The third-order valence-corrected chi connectivity index (χ3v) is 5.29. The Labute approximate surface area is 148 Å². The molecule has 134 valence electrons. The first-order valence-corrected chi connectivity index (χ1v) is 8.21. The summed E-state index contributed by atoms with van der Waals surface area (Å²) < 4.78 is 44.8. The number of methoxy groups -OCH3 is 1. The van der Waals surface area contributed by atoms with Crippen LogP contribution in [-0.2, 0) is 11.6 Å². The molecule has 5 heteroatoms. The zero-order chi connectivity index (χ0) is 18.9. The molecule has 0 unspecified atom stereocenters. The summed E-state index contributed by atoms with van der Waals surface area (Å²) in [5, 5.41) is 11.9. The van der Waals surface area contributed by atoms with Crippen LogP contribution in [0.5, 0.6) is 11.5 Å². The molecule has 0 aliphatic heterocycles. The lowest BCUT2D eigenvalue weighted by Gasteiger charge is -2.22. The van der Waals surface area contributed by atoms with E-state index in [1.807, 2.05) is 19.9 Å². The number of alkyl halides is 3. The smallest absolute Gasteiger partial charge is 0.416 e. The molecule has 2 nitrogen and oxygen atoms in total. The second-order valence-corrected chi connectivity index (χ2v) is 7.11. The Bertz CT molecular complexity index is 1050. The minimum Gasteiger partial charge on any atom is -0.507 e. The summed E-state index contributed by atoms with van der Waals surface area (Å²) in [6.45, 7) is 3.76. The Kier molecular flexibility index (Phi) is 3.33. The topological polar surface area (TPSA) is 29.5 Å². The lowest BCUT2D eigenvalue weighted by Crippen LogP contribution is -2.16. The highest BCUT2D eigenvalue weighted by Crippen LogP contribution is 2.54. The van der Waals surface area contributed by atoms with Crippen molar-refractivity contribution in [3.8, 4) is 22.6 Å². The van der Waals surface area contributed by atoms with Crippen LogP contribution in [0.4, 0.5) is 13.2 Å². The van der Waals surface area contributed by atoms with Crippen LogP contribution in [0.2, 0.25) is 0 Å². The van der Waals surface area contributed by atoms with Crippen molar-refractivity contribution in [3.05, 3.63) is 59.2 Å². The maximum atomic E-state index is 13.2. The zero-order valence-electron chi connectivity index (χ0n) is 14.5. The normalized spacial score (nSPS) is 15.0. The summed E-state index contributed by atoms with van der Waals surface area (Å²) in [5.41, 5.74) is 1.78. The fourth-order valence-electron chi connectivity index (χ4n) is 3.90. The van der Waals surface area contributed by atoms with Gasteiger partial charge < -0.3 is 9.84 Å². The first kappa shape index (κ1) is 16.8. The number of phenols is 1. The van der Waals surface area contributed by atoms with Gasteiger partial charge in [0.2, 0.25) is 0 Å². The summed E-state index contributed by atoms with van der Waals surface area (Å²) in [7, 11) is 1.54. The van der Waals surface area contributed by atoms with Gasteiger partial charge in [0.1, 0.15) is 11.5 Å². The molecule has 0 amide bonds. The number of rotatable bonds is 1. The van der Waals surface area contributed by atoms with Gasteiger partial charge in [0.05, 0.1) is 12.7 Å². The van der Waals surface area contributed by atoms with Crippen LogP contribution in [0.1, 0.15) is 30.5 Å². The van der Waals surface area contributed by atoms with Gasteiger partial charge in [-0.15, -0.1) is 0 Å². The molecule has 3 aromatic rings. The van der Waals surface area contributed by atoms with Gasteiger partial charge in [0.15, 0.2) is 0 Å². The Morgan fingerprint density at radius 3 is 2.31 bits per heavy atom. The highest BCUT2D eigenvalue weighted by atomic mass is 19.4. The maximum absolute atomic E-state index is 13.2. The van der Waals surface area contributed by atoms with Crippen LogP contribution >= 0.6 is 0 Å². The van der Waals surface area contributed by atoms with E-state index in [-0.39, 0.29) is 5.75 Å². The van der Waals surface area contributed by atoms with E-state index in [0.29, 0.717) is 16.7 Å². The van der Waals surface area contributed by atoms with E-state index in [4.69, 9.17) is 4.74 Å². The number of halogens is 3. The molecule has 0 saturated carbocycles. The van der Waals surface area contributed by atoms with Crippen molar-refractivity contribution in [3.63, 3.8) is 0 Å². The van der Waals surface area contributed by atoms with E-state index >= 15 is 0 Å². The number of hydrogen-bond donors (Lipinski definition) is 1. The van der Waals surface area contributed by atoms with Gasteiger partial charge in [-0.3, -0.25) is 0 Å². The molecule has 26 heavy (non-hydrogen) atoms. The molecular formula is C21H17F3O2. The van der Waals surface area contributed by atoms with Crippen LogP contribution in [0, 0.1) is 0 Å². The van der Waals surface area contributed by atoms with Crippen molar-refractivity contribution in [2.45, 2.75) is 25.4 Å². The van der Waals surface area contributed by atoms with Gasteiger partial charge in [-0.05, 0) is 64.0 Å². The van der Waals surface area contributed by atoms with Crippen LogP contribution < -0.4 is 4.74 Å². The van der Waals surface area contributed by atoms with E-state index in [1.54, 1.807) is 25.3 Å². The monoisotopic (exact) mass is 358 g/mol. The Morgan fingerprint density at radius 2 is 1.65 bits per heavy atom. The van der Waals surface area contributed by atoms with E-state index in [0.717, 1.165) is 28.1 Å². The number of ether oxygens (including phenoxy) is 1. The SMILES string of the molecule is COc1ccc2c3c(cc(O)c2c1)C(C)(C)c1cc(C(F)(F)F)ccc1-3. The molecule has 4 rings (SSSR count). The van der Waals surface area contributed by atoms with E-state index < -0.39 is 17.2 Å². The molecule has 1 aliphatic rings. The summed E-state index contributed by atoms with van der Waals surface area (Å²) >= 11 is 0. The molecule has 0 saturated heterocycles. The molecule has 1 aliphatic carbocycles. The molecule has 0 bridgehead atoms. The zero-order valence-corrected chi connectivity index (χ0v) is 14.5. The van der Waals surface area contributed by atoms with Crippen molar-refractivity contribution in [1.29, 1.82) is 0 Å². The Balaban J connectivity index is 2.07. The van der Waals surface area contributed by atoms with Crippen molar-refractivity contribution in [1.82, 2.24) is 0 Å². The molecule has 0 heterocycles. The number of phenolic OH excluding ortho intramolecular Hbond substituents is 1. The largest absolute Gasteiger partial charge is 0.507 e. The van der Waals surface area contributed by atoms with E-state index in [1.165, 1.54) is 12.1 Å². The van der Waals surface area contributed by atoms with Crippen molar-refractivity contribution >= 4 is 10.8 Å². The number of hydrogen-bond acceptors (Lipinski definition) is 2. The quantitative estimate of drug-likeness (QED) is 0.589. The summed E-state index contributed by atoms with van der Waals surface area (Å²) in [5.74, 6) is 0.701. The van der Waals surface area contributed by atoms with Gasteiger partial charge >= 0.3 is 6.18 Å². The number of aromatic hydroxyl groups is 1. The van der Waals surface area contributed by atoms with Gasteiger partial charge in [-0.25, -0.2) is 0 Å². The van der Waals surface area contributed by atoms with Crippen molar-refractivity contribution in [2.75, 3.05) is 7.11 Å². The van der Waals surface area contributed by atoms with Gasteiger partial charge in [-0.2, -0.15) is 13.2 Å². The highest BCUT2D eigenvalue weighted by molar-refractivity contribution is 6.05. The second-order valence-electron chi connectivity index (χ2n) is 7.11. The van der Waals surface area contributed by atoms with Crippen molar-refractivity contribution < 1.29 is 23.0 Å².